The summed E-state index contributed by atoms with van der Waals surface area (Å²) < 4.78 is 0. The first-order valence-corrected chi connectivity index (χ1v) is 5.69. The monoisotopic (exact) mass is 200 g/mol. The summed E-state index contributed by atoms with van der Waals surface area (Å²) in [6.07, 6.45) is 1.19. The molecule has 1 aromatic heterocycles. The topological polar surface area (TPSA) is 19.0 Å². The summed E-state index contributed by atoms with van der Waals surface area (Å²) in [7, 11) is 0. The SMILES string of the molecule is CCN1CCc2c([nH]c3ccccc23)C1. The van der Waals surface area contributed by atoms with E-state index >= 15 is 0 Å². The van der Waals surface area contributed by atoms with Crippen LogP contribution in [0.5, 0.6) is 0 Å². The van der Waals surface area contributed by atoms with Crippen LogP contribution in [0.4, 0.5) is 0 Å². The first-order chi connectivity index (χ1) is 7.38. The van der Waals surface area contributed by atoms with E-state index in [9.17, 15) is 0 Å². The second kappa shape index (κ2) is 3.38. The number of H-pyrrole nitrogens is 1. The molecule has 1 aliphatic heterocycles. The molecule has 0 radical (unpaired) electrons. The molecule has 2 heterocycles. The van der Waals surface area contributed by atoms with Crippen LogP contribution in [0.15, 0.2) is 24.3 Å². The number of hydrogen-bond acceptors (Lipinski definition) is 1. The van der Waals surface area contributed by atoms with Crippen molar-refractivity contribution in [2.75, 3.05) is 13.1 Å². The Labute approximate surface area is 89.9 Å². The Kier molecular flexibility index (Phi) is 2.03. The fourth-order valence-electron chi connectivity index (χ4n) is 2.52. The third kappa shape index (κ3) is 1.37. The van der Waals surface area contributed by atoms with E-state index in [2.05, 4.69) is 41.1 Å². The van der Waals surface area contributed by atoms with Gasteiger partial charge >= 0.3 is 0 Å². The van der Waals surface area contributed by atoms with E-state index in [0.717, 1.165) is 13.1 Å². The number of nitrogens with one attached hydrogen (secondary N) is 1. The molecule has 0 fully saturated rings. The molecule has 1 aliphatic rings. The minimum atomic E-state index is 1.08. The minimum absolute atomic E-state index is 1.08. The summed E-state index contributed by atoms with van der Waals surface area (Å²) in [6.45, 7) is 5.66. The van der Waals surface area contributed by atoms with Gasteiger partial charge in [0.25, 0.3) is 0 Å². The molecule has 1 aromatic carbocycles. The number of nitrogens with zero attached hydrogens (tertiary/aromatic N) is 1. The first-order valence-electron chi connectivity index (χ1n) is 5.69. The molecule has 78 valence electrons. The van der Waals surface area contributed by atoms with Gasteiger partial charge in [0.15, 0.2) is 0 Å². The van der Waals surface area contributed by atoms with Crippen LogP contribution < -0.4 is 0 Å². The molecule has 3 rings (SSSR count). The Bertz CT molecular complexity index is 484. The second-order valence-electron chi connectivity index (χ2n) is 4.25. The quantitative estimate of drug-likeness (QED) is 0.749. The van der Waals surface area contributed by atoms with Crippen LogP contribution in [0.2, 0.25) is 0 Å². The maximum absolute atomic E-state index is 3.54. The average molecular weight is 200 g/mol. The zero-order chi connectivity index (χ0) is 10.3. The Morgan fingerprint density at radius 1 is 1.33 bits per heavy atom. The van der Waals surface area contributed by atoms with Gasteiger partial charge in [-0.25, -0.2) is 0 Å². The highest BCUT2D eigenvalue weighted by molar-refractivity contribution is 5.84. The summed E-state index contributed by atoms with van der Waals surface area (Å²) >= 11 is 0. The standard InChI is InChI=1S/C13H16N2/c1-2-15-8-7-11-10-5-3-4-6-12(10)14-13(11)9-15/h3-6,14H,2,7-9H2,1H3. The number of aromatic amines is 1. The van der Waals surface area contributed by atoms with Gasteiger partial charge in [-0.3, -0.25) is 4.90 Å². The van der Waals surface area contributed by atoms with Crippen LogP contribution in [-0.2, 0) is 13.0 Å². The Hall–Kier alpha value is -1.28. The van der Waals surface area contributed by atoms with Crippen LogP contribution in [0.25, 0.3) is 10.9 Å². The van der Waals surface area contributed by atoms with Crippen LogP contribution in [-0.4, -0.2) is 23.0 Å². The van der Waals surface area contributed by atoms with Crippen LogP contribution in [0.3, 0.4) is 0 Å². The molecule has 0 atom stereocenters. The molecule has 2 nitrogen and oxygen atoms in total. The highest BCUT2D eigenvalue weighted by atomic mass is 15.1. The number of aromatic nitrogens is 1. The zero-order valence-electron chi connectivity index (χ0n) is 9.09. The number of hydrogen-bond donors (Lipinski definition) is 1. The maximum atomic E-state index is 3.54. The predicted octanol–water partition coefficient (Wildman–Crippen LogP) is 2.55. The predicted molar refractivity (Wildman–Crippen MR) is 63.0 cm³/mol. The lowest BCUT2D eigenvalue weighted by molar-refractivity contribution is 0.266. The summed E-state index contributed by atoms with van der Waals surface area (Å²) in [5.74, 6) is 0. The average Bonchev–Trinajstić information content (AvgIpc) is 2.66. The maximum Gasteiger partial charge on any atom is 0.0459 e. The van der Waals surface area contributed by atoms with Gasteiger partial charge in [0.2, 0.25) is 0 Å². The molecule has 15 heavy (non-hydrogen) atoms. The second-order valence-corrected chi connectivity index (χ2v) is 4.25. The molecule has 0 aliphatic carbocycles. The Morgan fingerprint density at radius 2 is 2.20 bits per heavy atom. The molecule has 0 saturated carbocycles. The van der Waals surface area contributed by atoms with Crippen molar-refractivity contribution >= 4 is 10.9 Å². The molecule has 0 bridgehead atoms. The van der Waals surface area contributed by atoms with E-state index in [-0.39, 0.29) is 0 Å². The van der Waals surface area contributed by atoms with E-state index in [1.165, 1.54) is 35.1 Å². The Balaban J connectivity index is 2.12. The van der Waals surface area contributed by atoms with Crippen LogP contribution in [0.1, 0.15) is 18.2 Å². The van der Waals surface area contributed by atoms with Gasteiger partial charge in [0.05, 0.1) is 0 Å². The summed E-state index contributed by atoms with van der Waals surface area (Å²) in [6, 6.07) is 8.63. The highest BCUT2D eigenvalue weighted by Crippen LogP contribution is 2.26. The van der Waals surface area contributed by atoms with Gasteiger partial charge in [-0.05, 0) is 24.6 Å². The van der Waals surface area contributed by atoms with Crippen molar-refractivity contribution in [1.82, 2.24) is 9.88 Å². The van der Waals surface area contributed by atoms with Crippen LogP contribution >= 0.6 is 0 Å². The van der Waals surface area contributed by atoms with Crippen LogP contribution in [0, 0.1) is 0 Å². The van der Waals surface area contributed by atoms with E-state index in [0.29, 0.717) is 0 Å². The van der Waals surface area contributed by atoms with Gasteiger partial charge in [0, 0.05) is 29.7 Å². The Morgan fingerprint density at radius 3 is 3.07 bits per heavy atom. The molecule has 0 unspecified atom stereocenters. The smallest absolute Gasteiger partial charge is 0.0459 e. The van der Waals surface area contributed by atoms with E-state index in [1.807, 2.05) is 0 Å². The highest BCUT2D eigenvalue weighted by Gasteiger charge is 2.18. The van der Waals surface area contributed by atoms with E-state index < -0.39 is 0 Å². The molecule has 1 N–H and O–H groups in total. The number of para-hydroxylation sites is 1. The molecule has 2 aromatic rings. The van der Waals surface area contributed by atoms with Crippen molar-refractivity contribution in [1.29, 1.82) is 0 Å². The lowest BCUT2D eigenvalue weighted by Crippen LogP contribution is -2.29. The molecular formula is C13H16N2. The van der Waals surface area contributed by atoms with Crippen molar-refractivity contribution in [2.45, 2.75) is 19.9 Å². The largest absolute Gasteiger partial charge is 0.357 e. The van der Waals surface area contributed by atoms with Gasteiger partial charge in [-0.1, -0.05) is 25.1 Å². The summed E-state index contributed by atoms with van der Waals surface area (Å²) in [5, 5.41) is 1.42. The van der Waals surface area contributed by atoms with Crippen molar-refractivity contribution in [3.8, 4) is 0 Å². The first kappa shape index (κ1) is 8.98. The van der Waals surface area contributed by atoms with Gasteiger partial charge < -0.3 is 4.98 Å². The molecular weight excluding hydrogens is 184 g/mol. The van der Waals surface area contributed by atoms with Crippen molar-refractivity contribution in [2.24, 2.45) is 0 Å². The number of fused-ring (bicyclic) bond motifs is 3. The molecule has 0 amide bonds. The minimum Gasteiger partial charge on any atom is -0.357 e. The number of likely N-dealkylation sites (N-methyl/N-ethyl adjacent to an activating group) is 1. The lowest BCUT2D eigenvalue weighted by Gasteiger charge is -2.25. The third-order valence-corrected chi connectivity index (χ3v) is 3.41. The van der Waals surface area contributed by atoms with Crippen molar-refractivity contribution < 1.29 is 0 Å². The molecule has 0 spiro atoms. The van der Waals surface area contributed by atoms with Crippen molar-refractivity contribution in [3.05, 3.63) is 35.5 Å². The zero-order valence-corrected chi connectivity index (χ0v) is 9.09. The third-order valence-electron chi connectivity index (χ3n) is 3.41. The number of benzene rings is 1. The fraction of sp³-hybridized carbons (Fsp3) is 0.385. The van der Waals surface area contributed by atoms with E-state index in [1.54, 1.807) is 0 Å². The fourth-order valence-corrected chi connectivity index (χ4v) is 2.52. The van der Waals surface area contributed by atoms with Gasteiger partial charge in [-0.2, -0.15) is 0 Å². The summed E-state index contributed by atoms with van der Waals surface area (Å²) in [5.41, 5.74) is 4.25. The molecule has 0 saturated heterocycles. The number of rotatable bonds is 1. The van der Waals surface area contributed by atoms with Gasteiger partial charge in [-0.15, -0.1) is 0 Å². The lowest BCUT2D eigenvalue weighted by atomic mass is 10.0. The van der Waals surface area contributed by atoms with E-state index in [4.69, 9.17) is 0 Å². The molecule has 2 heteroatoms. The summed E-state index contributed by atoms with van der Waals surface area (Å²) in [4.78, 5) is 6.02. The van der Waals surface area contributed by atoms with Crippen molar-refractivity contribution in [3.63, 3.8) is 0 Å². The van der Waals surface area contributed by atoms with Gasteiger partial charge in [0.1, 0.15) is 0 Å². The normalized spacial score (nSPS) is 16.9.